The topological polar surface area (TPSA) is 60.0 Å². The molecule has 8 aromatic carbocycles. The van der Waals surface area contributed by atoms with Crippen molar-refractivity contribution in [1.82, 2.24) is 19.5 Å². The number of oxazole rings is 1. The van der Waals surface area contributed by atoms with Crippen LogP contribution in [0.25, 0.3) is 83.6 Å². The molecular formula is C51H33N5O. The summed E-state index contributed by atoms with van der Waals surface area (Å²) in [4.78, 5) is 17.7. The lowest BCUT2D eigenvalue weighted by atomic mass is 10.0. The molecule has 0 saturated carbocycles. The highest BCUT2D eigenvalue weighted by molar-refractivity contribution is 6.13. The molecule has 11 rings (SSSR count). The molecule has 0 bridgehead atoms. The number of aromatic nitrogens is 4. The Kier molecular flexibility index (Phi) is 7.71. The molecule has 0 saturated heterocycles. The minimum atomic E-state index is 0.586. The second kappa shape index (κ2) is 13.5. The number of rotatable bonds is 7. The van der Waals surface area contributed by atoms with Crippen molar-refractivity contribution in [3.05, 3.63) is 200 Å². The summed E-state index contributed by atoms with van der Waals surface area (Å²) in [6.07, 6.45) is 0. The summed E-state index contributed by atoms with van der Waals surface area (Å²) in [5, 5.41) is 3.10. The van der Waals surface area contributed by atoms with Crippen molar-refractivity contribution in [3.8, 4) is 39.8 Å². The molecule has 268 valence electrons. The van der Waals surface area contributed by atoms with Crippen LogP contribution in [0, 0.1) is 0 Å². The van der Waals surface area contributed by atoms with E-state index in [1.165, 1.54) is 0 Å². The quantitative estimate of drug-likeness (QED) is 0.163. The first kappa shape index (κ1) is 32.6. The lowest BCUT2D eigenvalue weighted by Crippen LogP contribution is -2.09. The van der Waals surface area contributed by atoms with E-state index < -0.39 is 0 Å². The first-order chi connectivity index (χ1) is 28.2. The van der Waals surface area contributed by atoms with E-state index in [1.807, 2.05) is 72.8 Å². The van der Waals surface area contributed by atoms with Crippen LogP contribution < -0.4 is 4.90 Å². The lowest BCUT2D eigenvalue weighted by molar-refractivity contribution is 0.620. The zero-order chi connectivity index (χ0) is 37.7. The van der Waals surface area contributed by atoms with Gasteiger partial charge < -0.3 is 9.32 Å². The maximum Gasteiger partial charge on any atom is 0.235 e. The third-order valence-electron chi connectivity index (χ3n) is 10.6. The predicted molar refractivity (Wildman–Crippen MR) is 232 cm³/mol. The molecule has 0 fully saturated rings. The molecule has 3 heterocycles. The Morgan fingerprint density at radius 2 is 0.965 bits per heavy atom. The number of nitrogens with zero attached hydrogens (tertiary/aromatic N) is 5. The molecule has 0 atom stereocenters. The van der Waals surface area contributed by atoms with Crippen LogP contribution >= 0.6 is 0 Å². The van der Waals surface area contributed by atoms with Gasteiger partial charge in [0.15, 0.2) is 5.58 Å². The average molecular weight is 732 g/mol. The highest BCUT2D eigenvalue weighted by atomic mass is 16.3. The van der Waals surface area contributed by atoms with Crippen molar-refractivity contribution in [2.75, 3.05) is 4.90 Å². The van der Waals surface area contributed by atoms with E-state index in [2.05, 4.69) is 137 Å². The Bertz CT molecular complexity index is 3170. The van der Waals surface area contributed by atoms with Gasteiger partial charge in [-0.3, -0.25) is 4.57 Å². The molecule has 11 aromatic rings. The van der Waals surface area contributed by atoms with E-state index in [0.717, 1.165) is 88.8 Å². The molecule has 6 nitrogen and oxygen atoms in total. The van der Waals surface area contributed by atoms with Crippen LogP contribution in [0.15, 0.2) is 205 Å². The molecule has 0 amide bonds. The van der Waals surface area contributed by atoms with Crippen molar-refractivity contribution >= 4 is 60.9 Å². The second-order valence-corrected chi connectivity index (χ2v) is 14.1. The van der Waals surface area contributed by atoms with Crippen LogP contribution in [0.5, 0.6) is 0 Å². The summed E-state index contributed by atoms with van der Waals surface area (Å²) in [6.45, 7) is 0. The molecule has 3 aromatic heterocycles. The van der Waals surface area contributed by atoms with Gasteiger partial charge in [-0.15, -0.1) is 0 Å². The average Bonchev–Trinajstić information content (AvgIpc) is 3.85. The number of benzene rings is 8. The molecule has 6 heteroatoms. The molecule has 0 aliphatic carbocycles. The Labute approximate surface area is 328 Å². The van der Waals surface area contributed by atoms with E-state index in [9.17, 15) is 0 Å². The van der Waals surface area contributed by atoms with E-state index in [-0.39, 0.29) is 0 Å². The van der Waals surface area contributed by atoms with Gasteiger partial charge in [0.05, 0.1) is 22.2 Å². The molecule has 0 aliphatic rings. The Balaban J connectivity index is 1.10. The van der Waals surface area contributed by atoms with Gasteiger partial charge in [0.25, 0.3) is 0 Å². The molecule has 0 radical (unpaired) electrons. The van der Waals surface area contributed by atoms with Gasteiger partial charge in [0.1, 0.15) is 5.52 Å². The molecule has 0 aliphatic heterocycles. The van der Waals surface area contributed by atoms with Gasteiger partial charge in [-0.05, 0) is 90.0 Å². The number of fused-ring (bicyclic) bond motifs is 5. The predicted octanol–water partition coefficient (Wildman–Crippen LogP) is 13.3. The minimum Gasteiger partial charge on any atom is -0.436 e. The maximum absolute atomic E-state index is 6.43. The summed E-state index contributed by atoms with van der Waals surface area (Å²) in [5.74, 6) is 1.18. The van der Waals surface area contributed by atoms with E-state index in [1.54, 1.807) is 0 Å². The Hall–Kier alpha value is -7.83. The van der Waals surface area contributed by atoms with Crippen LogP contribution in [0.2, 0.25) is 0 Å². The molecule has 0 N–H and O–H groups in total. The van der Waals surface area contributed by atoms with Gasteiger partial charge in [0.2, 0.25) is 11.8 Å². The molecular weight excluding hydrogens is 699 g/mol. The minimum absolute atomic E-state index is 0.586. The number of anilines is 3. The third kappa shape index (κ3) is 5.70. The number of para-hydroxylation sites is 3. The van der Waals surface area contributed by atoms with Crippen molar-refractivity contribution in [2.24, 2.45) is 0 Å². The normalized spacial score (nSPS) is 11.5. The standard InChI is InChI=1S/C51H33N5O/c1-5-15-35(16-6-1)49-41-23-13-14-24-44(41)53-51(54-49)56-46-30-27-37(31-42(46)43-32-48-45(33-47(43)56)52-50(57-48)36-17-7-2-8-18-36)34-25-28-40(29-26-34)55(38-19-9-3-10-20-38)39-21-11-4-12-22-39/h1-33H. The molecule has 57 heavy (non-hydrogen) atoms. The fourth-order valence-corrected chi connectivity index (χ4v) is 7.92. The summed E-state index contributed by atoms with van der Waals surface area (Å²) in [6, 6.07) is 69.2. The Morgan fingerprint density at radius 1 is 0.386 bits per heavy atom. The summed E-state index contributed by atoms with van der Waals surface area (Å²) < 4.78 is 8.60. The highest BCUT2D eigenvalue weighted by Crippen LogP contribution is 2.40. The monoisotopic (exact) mass is 731 g/mol. The van der Waals surface area contributed by atoms with Crippen LogP contribution in [0.4, 0.5) is 17.1 Å². The summed E-state index contributed by atoms with van der Waals surface area (Å²) >= 11 is 0. The Morgan fingerprint density at radius 3 is 1.67 bits per heavy atom. The van der Waals surface area contributed by atoms with Crippen molar-refractivity contribution < 1.29 is 4.42 Å². The zero-order valence-corrected chi connectivity index (χ0v) is 30.7. The lowest BCUT2D eigenvalue weighted by Gasteiger charge is -2.25. The summed E-state index contributed by atoms with van der Waals surface area (Å²) in [5.41, 5.74) is 12.7. The first-order valence-electron chi connectivity index (χ1n) is 19.0. The molecule has 0 spiro atoms. The van der Waals surface area contributed by atoms with Gasteiger partial charge >= 0.3 is 0 Å². The number of hydrogen-bond acceptors (Lipinski definition) is 5. The van der Waals surface area contributed by atoms with E-state index >= 15 is 0 Å². The SMILES string of the molecule is c1ccc(-c2nc3cc4c(cc3o2)c2cc(-c3ccc(N(c5ccccc5)c5ccccc5)cc3)ccc2n4-c2nc(-c3ccccc3)c3ccccc3n2)cc1. The first-order valence-corrected chi connectivity index (χ1v) is 19.0. The van der Waals surface area contributed by atoms with Gasteiger partial charge in [0, 0.05) is 44.3 Å². The second-order valence-electron chi connectivity index (χ2n) is 14.1. The van der Waals surface area contributed by atoms with Crippen LogP contribution in [-0.2, 0) is 0 Å². The van der Waals surface area contributed by atoms with Gasteiger partial charge in [-0.2, -0.15) is 0 Å². The van der Waals surface area contributed by atoms with Crippen LogP contribution in [0.3, 0.4) is 0 Å². The van der Waals surface area contributed by atoms with Crippen LogP contribution in [0.1, 0.15) is 0 Å². The van der Waals surface area contributed by atoms with Crippen molar-refractivity contribution in [3.63, 3.8) is 0 Å². The maximum atomic E-state index is 6.43. The zero-order valence-electron chi connectivity index (χ0n) is 30.7. The van der Waals surface area contributed by atoms with Gasteiger partial charge in [-0.25, -0.2) is 15.0 Å². The van der Waals surface area contributed by atoms with Crippen molar-refractivity contribution in [2.45, 2.75) is 0 Å². The van der Waals surface area contributed by atoms with Crippen molar-refractivity contribution in [1.29, 1.82) is 0 Å². The number of hydrogen-bond donors (Lipinski definition) is 0. The largest absolute Gasteiger partial charge is 0.436 e. The molecule has 0 unspecified atom stereocenters. The van der Waals surface area contributed by atoms with Crippen LogP contribution in [-0.4, -0.2) is 19.5 Å². The highest BCUT2D eigenvalue weighted by Gasteiger charge is 2.21. The van der Waals surface area contributed by atoms with E-state index in [0.29, 0.717) is 11.8 Å². The van der Waals surface area contributed by atoms with Gasteiger partial charge in [-0.1, -0.05) is 121 Å². The third-order valence-corrected chi connectivity index (χ3v) is 10.6. The smallest absolute Gasteiger partial charge is 0.235 e. The fourth-order valence-electron chi connectivity index (χ4n) is 7.92. The summed E-state index contributed by atoms with van der Waals surface area (Å²) in [7, 11) is 0. The van der Waals surface area contributed by atoms with E-state index in [4.69, 9.17) is 19.4 Å². The fraction of sp³-hybridized carbons (Fsp3) is 0.